The number of rotatable bonds is 5. The van der Waals surface area contributed by atoms with Crippen LogP contribution in [0.2, 0.25) is 0 Å². The number of hydrogen-bond acceptors (Lipinski definition) is 3. The lowest BCUT2D eigenvalue weighted by Gasteiger charge is -2.21. The Morgan fingerprint density at radius 3 is 2.58 bits per heavy atom. The molecule has 2 amide bonds. The molecule has 0 fully saturated rings. The number of hydrogen-bond donors (Lipinski definition) is 2. The van der Waals surface area contributed by atoms with E-state index in [-0.39, 0.29) is 29.9 Å². The van der Waals surface area contributed by atoms with Crippen molar-refractivity contribution in [3.8, 4) is 5.75 Å². The summed E-state index contributed by atoms with van der Waals surface area (Å²) >= 11 is 0. The topological polar surface area (TPSA) is 69.6 Å². The summed E-state index contributed by atoms with van der Waals surface area (Å²) in [5.41, 5.74) is 0.590. The fraction of sp³-hybridized carbons (Fsp3) is 0.429. The molecule has 1 rings (SSSR count). The van der Waals surface area contributed by atoms with Gasteiger partial charge in [0, 0.05) is 26.2 Å². The van der Waals surface area contributed by atoms with Crippen molar-refractivity contribution in [3.05, 3.63) is 29.8 Å². The molecule has 0 heterocycles. The van der Waals surface area contributed by atoms with Crippen molar-refractivity contribution in [3.63, 3.8) is 0 Å². The third kappa shape index (κ3) is 4.28. The van der Waals surface area contributed by atoms with Crippen LogP contribution in [-0.4, -0.2) is 42.5 Å². The lowest BCUT2D eigenvalue weighted by molar-refractivity contribution is -0.131. The van der Waals surface area contributed by atoms with Crippen molar-refractivity contribution in [2.75, 3.05) is 20.6 Å². The van der Waals surface area contributed by atoms with E-state index in [1.165, 1.54) is 4.90 Å². The van der Waals surface area contributed by atoms with E-state index in [1.807, 2.05) is 0 Å². The van der Waals surface area contributed by atoms with E-state index >= 15 is 0 Å². The van der Waals surface area contributed by atoms with Gasteiger partial charge in [-0.1, -0.05) is 25.1 Å². The van der Waals surface area contributed by atoms with Crippen molar-refractivity contribution < 1.29 is 14.7 Å². The first kappa shape index (κ1) is 15.0. The van der Waals surface area contributed by atoms with Crippen LogP contribution in [0.25, 0.3) is 0 Å². The van der Waals surface area contributed by atoms with Crippen molar-refractivity contribution in [2.24, 2.45) is 5.92 Å². The summed E-state index contributed by atoms with van der Waals surface area (Å²) in [5.74, 6) is -0.369. The second kappa shape index (κ2) is 6.78. The SMILES string of the molecule is CNC(=O)C(C)CN(C)C(=O)Cc1ccccc1O. The van der Waals surface area contributed by atoms with Gasteiger partial charge < -0.3 is 15.3 Å². The Hall–Kier alpha value is -2.04. The molecule has 0 spiro atoms. The molecular weight excluding hydrogens is 244 g/mol. The van der Waals surface area contributed by atoms with Gasteiger partial charge in [-0.3, -0.25) is 9.59 Å². The van der Waals surface area contributed by atoms with Gasteiger partial charge in [0.25, 0.3) is 0 Å². The zero-order valence-corrected chi connectivity index (χ0v) is 11.5. The number of carbonyl (C=O) groups excluding carboxylic acids is 2. The number of nitrogens with zero attached hydrogens (tertiary/aromatic N) is 1. The second-order valence-corrected chi connectivity index (χ2v) is 4.60. The zero-order valence-electron chi connectivity index (χ0n) is 11.5. The summed E-state index contributed by atoms with van der Waals surface area (Å²) in [6.45, 7) is 2.12. The molecule has 0 aliphatic rings. The van der Waals surface area contributed by atoms with E-state index < -0.39 is 0 Å². The Balaban J connectivity index is 2.59. The number of likely N-dealkylation sites (N-methyl/N-ethyl adjacent to an activating group) is 1. The van der Waals surface area contributed by atoms with Gasteiger partial charge in [-0.2, -0.15) is 0 Å². The summed E-state index contributed by atoms with van der Waals surface area (Å²) in [5, 5.41) is 12.2. The van der Waals surface area contributed by atoms with Gasteiger partial charge >= 0.3 is 0 Å². The number of aromatic hydroxyl groups is 1. The molecule has 1 aromatic rings. The summed E-state index contributed by atoms with van der Waals surface area (Å²) in [6, 6.07) is 6.75. The molecule has 5 nitrogen and oxygen atoms in total. The third-order valence-electron chi connectivity index (χ3n) is 3.00. The van der Waals surface area contributed by atoms with E-state index in [2.05, 4.69) is 5.32 Å². The van der Waals surface area contributed by atoms with Crippen LogP contribution in [0.3, 0.4) is 0 Å². The number of phenols is 1. The fourth-order valence-electron chi connectivity index (χ4n) is 1.80. The van der Waals surface area contributed by atoms with Gasteiger partial charge in [-0.05, 0) is 6.07 Å². The fourth-order valence-corrected chi connectivity index (χ4v) is 1.80. The maximum Gasteiger partial charge on any atom is 0.226 e. The normalized spacial score (nSPS) is 11.7. The van der Waals surface area contributed by atoms with Gasteiger partial charge in [-0.15, -0.1) is 0 Å². The first-order valence-corrected chi connectivity index (χ1v) is 6.18. The average molecular weight is 264 g/mol. The summed E-state index contributed by atoms with van der Waals surface area (Å²) in [6.07, 6.45) is 0.129. The quantitative estimate of drug-likeness (QED) is 0.825. The second-order valence-electron chi connectivity index (χ2n) is 4.60. The predicted octanol–water partition coefficient (Wildman–Crippen LogP) is 0.775. The highest BCUT2D eigenvalue weighted by Gasteiger charge is 2.18. The number of nitrogens with one attached hydrogen (secondary N) is 1. The summed E-state index contributed by atoms with van der Waals surface area (Å²) < 4.78 is 0. The van der Waals surface area contributed by atoms with Crippen molar-refractivity contribution in [2.45, 2.75) is 13.3 Å². The van der Waals surface area contributed by atoms with Crippen LogP contribution in [-0.2, 0) is 16.0 Å². The molecule has 5 heteroatoms. The molecule has 2 N–H and O–H groups in total. The Morgan fingerprint density at radius 2 is 2.00 bits per heavy atom. The molecule has 0 aliphatic heterocycles. The monoisotopic (exact) mass is 264 g/mol. The molecule has 1 atom stereocenters. The minimum atomic E-state index is -0.261. The minimum absolute atomic E-state index is 0.0952. The molecule has 0 aliphatic carbocycles. The van der Waals surface area contributed by atoms with Gasteiger partial charge in [0.05, 0.1) is 12.3 Å². The smallest absolute Gasteiger partial charge is 0.226 e. The van der Waals surface area contributed by atoms with Crippen molar-refractivity contribution >= 4 is 11.8 Å². The van der Waals surface area contributed by atoms with Gasteiger partial charge in [0.15, 0.2) is 0 Å². The Labute approximate surface area is 113 Å². The number of carbonyl (C=O) groups is 2. The highest BCUT2D eigenvalue weighted by molar-refractivity contribution is 5.81. The zero-order chi connectivity index (χ0) is 14.4. The van der Waals surface area contributed by atoms with Gasteiger partial charge in [0.1, 0.15) is 5.75 Å². The highest BCUT2D eigenvalue weighted by atomic mass is 16.3. The third-order valence-corrected chi connectivity index (χ3v) is 3.00. The van der Waals surface area contributed by atoms with Crippen molar-refractivity contribution in [1.82, 2.24) is 10.2 Å². The molecule has 0 bridgehead atoms. The average Bonchev–Trinajstić information content (AvgIpc) is 2.40. The van der Waals surface area contributed by atoms with Crippen LogP contribution >= 0.6 is 0 Å². The first-order valence-electron chi connectivity index (χ1n) is 6.18. The number of benzene rings is 1. The Morgan fingerprint density at radius 1 is 1.37 bits per heavy atom. The van der Waals surface area contributed by atoms with Gasteiger partial charge in [0.2, 0.25) is 11.8 Å². The molecular formula is C14H20N2O3. The predicted molar refractivity (Wildman–Crippen MR) is 72.7 cm³/mol. The van der Waals surface area contributed by atoms with E-state index in [4.69, 9.17) is 0 Å². The first-order chi connectivity index (χ1) is 8.95. The van der Waals surface area contributed by atoms with Crippen LogP contribution in [0.5, 0.6) is 5.75 Å². The largest absolute Gasteiger partial charge is 0.508 e. The molecule has 104 valence electrons. The maximum atomic E-state index is 12.0. The van der Waals surface area contributed by atoms with Crippen molar-refractivity contribution in [1.29, 1.82) is 0 Å². The maximum absolute atomic E-state index is 12.0. The summed E-state index contributed by atoms with van der Waals surface area (Å²) in [4.78, 5) is 24.9. The Bertz CT molecular complexity index is 460. The highest BCUT2D eigenvalue weighted by Crippen LogP contribution is 2.16. The lowest BCUT2D eigenvalue weighted by atomic mass is 10.1. The molecule has 19 heavy (non-hydrogen) atoms. The molecule has 1 unspecified atom stereocenters. The van der Waals surface area contributed by atoms with E-state index in [0.29, 0.717) is 12.1 Å². The van der Waals surface area contributed by atoms with Crippen LogP contribution in [0.1, 0.15) is 12.5 Å². The van der Waals surface area contributed by atoms with Crippen LogP contribution in [0, 0.1) is 5.92 Å². The van der Waals surface area contributed by atoms with Crippen LogP contribution in [0.15, 0.2) is 24.3 Å². The molecule has 0 radical (unpaired) electrons. The van der Waals surface area contributed by atoms with Gasteiger partial charge in [-0.25, -0.2) is 0 Å². The summed E-state index contributed by atoms with van der Waals surface area (Å²) in [7, 11) is 3.23. The molecule has 0 saturated heterocycles. The van der Waals surface area contributed by atoms with Crippen LogP contribution in [0.4, 0.5) is 0 Å². The minimum Gasteiger partial charge on any atom is -0.508 e. The number of phenolic OH excluding ortho intramolecular Hbond substituents is 1. The molecule has 0 saturated carbocycles. The number of para-hydroxylation sites is 1. The van der Waals surface area contributed by atoms with Crippen LogP contribution < -0.4 is 5.32 Å². The van der Waals surface area contributed by atoms with E-state index in [9.17, 15) is 14.7 Å². The molecule has 0 aromatic heterocycles. The number of amides is 2. The van der Waals surface area contributed by atoms with E-state index in [1.54, 1.807) is 45.3 Å². The Kier molecular flexibility index (Phi) is 5.36. The molecule has 1 aromatic carbocycles. The lowest BCUT2D eigenvalue weighted by Crippen LogP contribution is -2.38. The standard InChI is InChI=1S/C14H20N2O3/c1-10(14(19)15-2)9-16(3)13(18)8-11-6-4-5-7-12(11)17/h4-7,10,17H,8-9H2,1-3H3,(H,15,19). The van der Waals surface area contributed by atoms with E-state index in [0.717, 1.165) is 0 Å².